The van der Waals surface area contributed by atoms with Crippen molar-refractivity contribution in [3.63, 3.8) is 0 Å². The average molecular weight is 214 g/mol. The Morgan fingerprint density at radius 1 is 1.67 bits per heavy atom. The van der Waals surface area contributed by atoms with Crippen molar-refractivity contribution >= 4 is 5.97 Å². The lowest BCUT2D eigenvalue weighted by molar-refractivity contribution is -0.162. The fourth-order valence-corrected chi connectivity index (χ4v) is 1.28. The van der Waals surface area contributed by atoms with Crippen molar-refractivity contribution < 1.29 is 14.6 Å². The van der Waals surface area contributed by atoms with E-state index in [9.17, 15) is 9.90 Å². The van der Waals surface area contributed by atoms with E-state index in [1.165, 1.54) is 14.0 Å². The van der Waals surface area contributed by atoms with Crippen LogP contribution in [-0.2, 0) is 9.53 Å². The topological polar surface area (TPSA) is 73.6 Å². The molecule has 0 aliphatic heterocycles. The predicted molar refractivity (Wildman–Crippen MR) is 55.0 cm³/mol. The van der Waals surface area contributed by atoms with Crippen LogP contribution in [0.25, 0.3) is 0 Å². The van der Waals surface area contributed by atoms with E-state index in [0.717, 1.165) is 0 Å². The number of carbonyl (C=O) groups is 1. The Bertz CT molecular complexity index is 246. The van der Waals surface area contributed by atoms with Gasteiger partial charge >= 0.3 is 5.97 Å². The summed E-state index contributed by atoms with van der Waals surface area (Å²) in [5.74, 6) is -0.655. The summed E-state index contributed by atoms with van der Waals surface area (Å²) < 4.78 is 4.48. The van der Waals surface area contributed by atoms with Crippen LogP contribution in [0, 0.1) is 11.3 Å². The van der Waals surface area contributed by atoms with E-state index in [4.69, 9.17) is 5.26 Å². The molecule has 0 aliphatic rings. The van der Waals surface area contributed by atoms with Gasteiger partial charge in [-0.3, -0.25) is 4.90 Å². The standard InChI is InChI=1S/C10H18N2O3/c1-4-12(7-5-6-11)8-10(2,14)9(13)15-3/h14H,4-5,7-8H2,1-3H3. The highest BCUT2D eigenvalue weighted by Gasteiger charge is 2.33. The highest BCUT2D eigenvalue weighted by Crippen LogP contribution is 2.08. The van der Waals surface area contributed by atoms with Crippen LogP contribution in [-0.4, -0.2) is 48.3 Å². The zero-order valence-electron chi connectivity index (χ0n) is 9.49. The molecule has 86 valence electrons. The van der Waals surface area contributed by atoms with Gasteiger partial charge in [-0.1, -0.05) is 6.92 Å². The maximum atomic E-state index is 11.2. The molecule has 0 aromatic carbocycles. The number of nitrogens with zero attached hydrogens (tertiary/aromatic N) is 2. The molecule has 0 saturated heterocycles. The number of rotatable bonds is 6. The second-order valence-corrected chi connectivity index (χ2v) is 3.54. The molecule has 0 fully saturated rings. The largest absolute Gasteiger partial charge is 0.467 e. The van der Waals surface area contributed by atoms with Gasteiger partial charge in [-0.15, -0.1) is 0 Å². The van der Waals surface area contributed by atoms with E-state index in [-0.39, 0.29) is 6.54 Å². The molecule has 5 heteroatoms. The van der Waals surface area contributed by atoms with E-state index in [2.05, 4.69) is 4.74 Å². The number of likely N-dealkylation sites (N-methyl/N-ethyl adjacent to an activating group) is 1. The summed E-state index contributed by atoms with van der Waals surface area (Å²) in [5.41, 5.74) is -1.51. The van der Waals surface area contributed by atoms with Gasteiger partial charge in [0, 0.05) is 19.5 Å². The van der Waals surface area contributed by atoms with Gasteiger partial charge in [0.25, 0.3) is 0 Å². The summed E-state index contributed by atoms with van der Waals surface area (Å²) in [6.45, 7) is 4.71. The molecule has 5 nitrogen and oxygen atoms in total. The first-order valence-electron chi connectivity index (χ1n) is 4.88. The van der Waals surface area contributed by atoms with E-state index in [0.29, 0.717) is 19.5 Å². The molecule has 0 rings (SSSR count). The minimum absolute atomic E-state index is 0.178. The quantitative estimate of drug-likeness (QED) is 0.637. The van der Waals surface area contributed by atoms with Gasteiger partial charge in [0.15, 0.2) is 5.60 Å². The molecule has 15 heavy (non-hydrogen) atoms. The van der Waals surface area contributed by atoms with Crippen molar-refractivity contribution in [2.45, 2.75) is 25.9 Å². The number of aliphatic hydroxyl groups is 1. The van der Waals surface area contributed by atoms with Crippen molar-refractivity contribution in [2.75, 3.05) is 26.7 Å². The van der Waals surface area contributed by atoms with Crippen LogP contribution in [0.3, 0.4) is 0 Å². The third-order valence-corrected chi connectivity index (χ3v) is 2.14. The van der Waals surface area contributed by atoms with E-state index < -0.39 is 11.6 Å². The maximum Gasteiger partial charge on any atom is 0.338 e. The summed E-state index contributed by atoms with van der Waals surface area (Å²) in [6, 6.07) is 2.02. The summed E-state index contributed by atoms with van der Waals surface area (Å²) in [5, 5.41) is 18.2. The lowest BCUT2D eigenvalue weighted by Crippen LogP contribution is -2.47. The minimum Gasteiger partial charge on any atom is -0.467 e. The van der Waals surface area contributed by atoms with Gasteiger partial charge in [-0.2, -0.15) is 5.26 Å². The number of methoxy groups -OCH3 is 1. The summed E-state index contributed by atoms with van der Waals surface area (Å²) in [7, 11) is 1.24. The Morgan fingerprint density at radius 2 is 2.27 bits per heavy atom. The average Bonchev–Trinajstić information content (AvgIpc) is 2.22. The number of esters is 1. The Balaban J connectivity index is 4.27. The third-order valence-electron chi connectivity index (χ3n) is 2.14. The summed E-state index contributed by atoms with van der Waals surface area (Å²) in [6.07, 6.45) is 0.380. The smallest absolute Gasteiger partial charge is 0.338 e. The molecule has 0 saturated carbocycles. The van der Waals surface area contributed by atoms with Crippen LogP contribution in [0.1, 0.15) is 20.3 Å². The molecule has 1 unspecified atom stereocenters. The Kier molecular flexibility index (Phi) is 5.90. The summed E-state index contributed by atoms with van der Waals surface area (Å²) in [4.78, 5) is 13.0. The molecule has 0 radical (unpaired) electrons. The molecule has 0 aliphatic carbocycles. The number of hydrogen-bond acceptors (Lipinski definition) is 5. The van der Waals surface area contributed by atoms with Crippen molar-refractivity contribution in [3.8, 4) is 6.07 Å². The first-order valence-corrected chi connectivity index (χ1v) is 4.88. The Labute approximate surface area is 90.2 Å². The molecular weight excluding hydrogens is 196 g/mol. The highest BCUT2D eigenvalue weighted by atomic mass is 16.5. The van der Waals surface area contributed by atoms with Crippen molar-refractivity contribution in [1.29, 1.82) is 5.26 Å². The molecule has 1 N–H and O–H groups in total. The molecule has 0 spiro atoms. The SMILES string of the molecule is CCN(CCC#N)CC(C)(O)C(=O)OC. The van der Waals surface area contributed by atoms with Crippen LogP contribution in [0.15, 0.2) is 0 Å². The Hall–Kier alpha value is -1.12. The summed E-state index contributed by atoms with van der Waals surface area (Å²) >= 11 is 0. The van der Waals surface area contributed by atoms with E-state index >= 15 is 0 Å². The highest BCUT2D eigenvalue weighted by molar-refractivity contribution is 5.78. The first kappa shape index (κ1) is 13.9. The zero-order valence-corrected chi connectivity index (χ0v) is 9.49. The number of ether oxygens (including phenoxy) is 1. The van der Waals surface area contributed by atoms with Gasteiger partial charge in [-0.25, -0.2) is 4.79 Å². The third kappa shape index (κ3) is 4.77. The van der Waals surface area contributed by atoms with Gasteiger partial charge < -0.3 is 9.84 Å². The van der Waals surface area contributed by atoms with Crippen LogP contribution in [0.5, 0.6) is 0 Å². The van der Waals surface area contributed by atoms with Crippen molar-refractivity contribution in [3.05, 3.63) is 0 Å². The molecule has 0 aromatic rings. The maximum absolute atomic E-state index is 11.2. The molecule has 0 amide bonds. The fraction of sp³-hybridized carbons (Fsp3) is 0.800. The second kappa shape index (κ2) is 6.38. The van der Waals surface area contributed by atoms with Crippen molar-refractivity contribution in [2.24, 2.45) is 0 Å². The molecule has 0 aromatic heterocycles. The molecule has 1 atom stereocenters. The van der Waals surface area contributed by atoms with Crippen LogP contribution in [0.4, 0.5) is 0 Å². The van der Waals surface area contributed by atoms with Gasteiger partial charge in [0.05, 0.1) is 13.2 Å². The van der Waals surface area contributed by atoms with Crippen LogP contribution in [0.2, 0.25) is 0 Å². The van der Waals surface area contributed by atoms with Crippen LogP contribution >= 0.6 is 0 Å². The zero-order chi connectivity index (χ0) is 11.9. The van der Waals surface area contributed by atoms with Crippen molar-refractivity contribution in [1.82, 2.24) is 4.90 Å². The monoisotopic (exact) mass is 214 g/mol. The van der Waals surface area contributed by atoms with E-state index in [1.54, 1.807) is 0 Å². The predicted octanol–water partition coefficient (Wildman–Crippen LogP) is 0.146. The van der Waals surface area contributed by atoms with Gasteiger partial charge in [0.1, 0.15) is 0 Å². The van der Waals surface area contributed by atoms with E-state index in [1.807, 2.05) is 17.9 Å². The number of nitriles is 1. The molecular formula is C10H18N2O3. The van der Waals surface area contributed by atoms with Gasteiger partial charge in [-0.05, 0) is 13.5 Å². The molecule has 0 bridgehead atoms. The lowest BCUT2D eigenvalue weighted by atomic mass is 10.1. The first-order chi connectivity index (χ1) is 6.97. The fourth-order valence-electron chi connectivity index (χ4n) is 1.28. The van der Waals surface area contributed by atoms with Gasteiger partial charge in [0.2, 0.25) is 0 Å². The van der Waals surface area contributed by atoms with Crippen LogP contribution < -0.4 is 0 Å². The number of carbonyl (C=O) groups excluding carboxylic acids is 1. The lowest BCUT2D eigenvalue weighted by Gasteiger charge is -2.28. The molecule has 0 heterocycles. The second-order valence-electron chi connectivity index (χ2n) is 3.54. The number of hydrogen-bond donors (Lipinski definition) is 1. The Morgan fingerprint density at radius 3 is 2.67 bits per heavy atom. The normalized spacial score (nSPS) is 14.4. The minimum atomic E-state index is -1.51.